The lowest BCUT2D eigenvalue weighted by molar-refractivity contribution is 0.728. The minimum atomic E-state index is -0.202. The molecule has 4 heterocycles. The maximum atomic E-state index is 13.3. The first kappa shape index (κ1) is 21.9. The highest BCUT2D eigenvalue weighted by atomic mass is 35.5. The molecule has 33 heavy (non-hydrogen) atoms. The third-order valence-electron chi connectivity index (χ3n) is 5.62. The van der Waals surface area contributed by atoms with E-state index in [1.165, 1.54) is 44.7 Å². The van der Waals surface area contributed by atoms with Gasteiger partial charge in [-0.15, -0.1) is 11.3 Å². The molecule has 6 nitrogen and oxygen atoms in total. The Bertz CT molecular complexity index is 1670. The Balaban J connectivity index is 1.50. The molecule has 0 aliphatic heterocycles. The maximum Gasteiger partial charge on any atom is 0.263 e. The molecule has 0 bridgehead atoms. The highest BCUT2D eigenvalue weighted by Gasteiger charge is 2.16. The van der Waals surface area contributed by atoms with Crippen molar-refractivity contribution in [2.24, 2.45) is 7.05 Å². The van der Waals surface area contributed by atoms with Crippen LogP contribution >= 0.6 is 34.7 Å². The van der Waals surface area contributed by atoms with Crippen molar-refractivity contribution in [3.05, 3.63) is 90.5 Å². The number of nitrogens with zero attached hydrogens (tertiary/aromatic N) is 4. The molecule has 1 aromatic carbocycles. The lowest BCUT2D eigenvalue weighted by Gasteiger charge is -2.09. The van der Waals surface area contributed by atoms with Gasteiger partial charge >= 0.3 is 0 Å². The highest BCUT2D eigenvalue weighted by molar-refractivity contribution is 7.98. The minimum absolute atomic E-state index is 0.0850. The average Bonchev–Trinajstić information content (AvgIpc) is 3.21. The summed E-state index contributed by atoms with van der Waals surface area (Å²) in [6, 6.07) is 11.1. The zero-order valence-electron chi connectivity index (χ0n) is 18.1. The van der Waals surface area contributed by atoms with E-state index in [4.69, 9.17) is 16.6 Å². The van der Waals surface area contributed by atoms with Crippen molar-refractivity contribution in [1.82, 2.24) is 18.9 Å². The number of hydrogen-bond acceptors (Lipinski definition) is 6. The Labute approximate surface area is 202 Å². The second kappa shape index (κ2) is 8.44. The van der Waals surface area contributed by atoms with Gasteiger partial charge in [-0.3, -0.25) is 18.6 Å². The molecule has 9 heteroatoms. The van der Waals surface area contributed by atoms with Crippen molar-refractivity contribution in [3.8, 4) is 11.1 Å². The average molecular weight is 495 g/mol. The summed E-state index contributed by atoms with van der Waals surface area (Å²) in [6.07, 6.45) is 1.55. The monoisotopic (exact) mass is 494 g/mol. The summed E-state index contributed by atoms with van der Waals surface area (Å²) in [4.78, 5) is 35.7. The minimum Gasteiger partial charge on any atom is -0.290 e. The predicted molar refractivity (Wildman–Crippen MR) is 136 cm³/mol. The fraction of sp³-hybridized carbons (Fsp3) is 0.167. The van der Waals surface area contributed by atoms with E-state index < -0.39 is 0 Å². The smallest absolute Gasteiger partial charge is 0.263 e. The van der Waals surface area contributed by atoms with Crippen LogP contribution in [0.4, 0.5) is 0 Å². The summed E-state index contributed by atoms with van der Waals surface area (Å²) in [5, 5.41) is 3.68. The van der Waals surface area contributed by atoms with Gasteiger partial charge in [0.2, 0.25) is 0 Å². The Morgan fingerprint density at radius 1 is 1.06 bits per heavy atom. The largest absolute Gasteiger partial charge is 0.290 e. The second-order valence-corrected chi connectivity index (χ2v) is 10.1. The molecule has 0 aliphatic carbocycles. The van der Waals surface area contributed by atoms with Gasteiger partial charge in [-0.25, -0.2) is 9.97 Å². The van der Waals surface area contributed by atoms with Crippen molar-refractivity contribution >= 4 is 50.6 Å². The van der Waals surface area contributed by atoms with Crippen LogP contribution in [0.25, 0.3) is 27.0 Å². The number of fused-ring (bicyclic) bond motifs is 2. The molecule has 0 amide bonds. The quantitative estimate of drug-likeness (QED) is 0.252. The number of aromatic nitrogens is 4. The Morgan fingerprint density at radius 3 is 2.67 bits per heavy atom. The number of thiophene rings is 1. The summed E-state index contributed by atoms with van der Waals surface area (Å²) in [7, 11) is 1.73. The van der Waals surface area contributed by atoms with Gasteiger partial charge in [0.1, 0.15) is 10.5 Å². The number of aryl methyl sites for hydroxylation is 2. The molecule has 0 atom stereocenters. The number of benzene rings is 1. The molecular weight excluding hydrogens is 476 g/mol. The van der Waals surface area contributed by atoms with E-state index in [-0.39, 0.29) is 11.1 Å². The molecule has 0 fully saturated rings. The van der Waals surface area contributed by atoms with E-state index in [0.29, 0.717) is 37.5 Å². The standard InChI is InChI=1S/C24H19ClN4O2S2/c1-13-4-5-15(8-14(13)2)18-12-32-22-21(18)23(31)28(3)24(27-22)33-11-17-9-20(30)29-10-16(25)6-7-19(29)26-17/h4-10,12H,11H2,1-3H3. The van der Waals surface area contributed by atoms with E-state index >= 15 is 0 Å². The predicted octanol–water partition coefficient (Wildman–Crippen LogP) is 5.23. The first-order valence-electron chi connectivity index (χ1n) is 10.2. The molecule has 0 saturated heterocycles. The summed E-state index contributed by atoms with van der Waals surface area (Å²) in [5.74, 6) is 0.412. The zero-order valence-corrected chi connectivity index (χ0v) is 20.5. The molecule has 166 valence electrons. The molecule has 0 aliphatic rings. The SMILES string of the molecule is Cc1ccc(-c2csc3nc(SCc4cc(=O)n5cc(Cl)ccc5n4)n(C)c(=O)c23)cc1C. The third kappa shape index (κ3) is 3.99. The van der Waals surface area contributed by atoms with Crippen molar-refractivity contribution in [1.29, 1.82) is 0 Å². The fourth-order valence-corrected chi connectivity index (χ4v) is 5.66. The van der Waals surface area contributed by atoms with Crippen LogP contribution in [-0.2, 0) is 12.8 Å². The third-order valence-corrected chi connectivity index (χ3v) is 7.78. The van der Waals surface area contributed by atoms with Crippen LogP contribution in [-0.4, -0.2) is 18.9 Å². The van der Waals surface area contributed by atoms with E-state index in [1.807, 2.05) is 11.4 Å². The molecule has 0 unspecified atom stereocenters. The van der Waals surface area contributed by atoms with Gasteiger partial charge in [0.25, 0.3) is 11.1 Å². The second-order valence-electron chi connectivity index (χ2n) is 7.84. The van der Waals surface area contributed by atoms with E-state index in [2.05, 4.69) is 31.0 Å². The summed E-state index contributed by atoms with van der Waals surface area (Å²) >= 11 is 8.82. The maximum absolute atomic E-state index is 13.3. The lowest BCUT2D eigenvalue weighted by Crippen LogP contribution is -2.20. The number of thioether (sulfide) groups is 1. The molecule has 0 radical (unpaired) electrons. The molecular formula is C24H19ClN4O2S2. The van der Waals surface area contributed by atoms with Gasteiger partial charge < -0.3 is 0 Å². The Kier molecular flexibility index (Phi) is 5.60. The molecule has 0 N–H and O–H groups in total. The normalized spacial score (nSPS) is 11.5. The summed E-state index contributed by atoms with van der Waals surface area (Å²) < 4.78 is 2.98. The first-order valence-corrected chi connectivity index (χ1v) is 12.4. The van der Waals surface area contributed by atoms with Gasteiger partial charge in [0.15, 0.2) is 5.16 Å². The molecule has 0 saturated carbocycles. The van der Waals surface area contributed by atoms with Gasteiger partial charge in [0, 0.05) is 36.0 Å². The van der Waals surface area contributed by atoms with Gasteiger partial charge in [-0.2, -0.15) is 0 Å². The highest BCUT2D eigenvalue weighted by Crippen LogP contribution is 2.33. The Morgan fingerprint density at radius 2 is 1.88 bits per heavy atom. The van der Waals surface area contributed by atoms with Crippen LogP contribution in [0.15, 0.2) is 62.7 Å². The van der Waals surface area contributed by atoms with Crippen LogP contribution in [0.5, 0.6) is 0 Å². The van der Waals surface area contributed by atoms with Crippen LogP contribution in [0.2, 0.25) is 5.02 Å². The van der Waals surface area contributed by atoms with Crippen LogP contribution in [0, 0.1) is 13.8 Å². The van der Waals surface area contributed by atoms with Crippen molar-refractivity contribution in [2.75, 3.05) is 0 Å². The molecule has 5 rings (SSSR count). The summed E-state index contributed by atoms with van der Waals surface area (Å²) in [6.45, 7) is 4.14. The van der Waals surface area contributed by atoms with Crippen molar-refractivity contribution in [2.45, 2.75) is 24.8 Å². The Hall–Kier alpha value is -2.94. The number of hydrogen-bond donors (Lipinski definition) is 0. The van der Waals surface area contributed by atoms with Crippen molar-refractivity contribution < 1.29 is 0 Å². The van der Waals surface area contributed by atoms with Crippen LogP contribution in [0.3, 0.4) is 0 Å². The summed E-state index contributed by atoms with van der Waals surface area (Å²) in [5.41, 5.74) is 5.18. The van der Waals surface area contributed by atoms with Gasteiger partial charge in [-0.05, 0) is 42.7 Å². The number of pyridine rings is 1. The van der Waals surface area contributed by atoms with E-state index in [1.54, 1.807) is 29.9 Å². The number of rotatable bonds is 4. The molecule has 4 aromatic heterocycles. The van der Waals surface area contributed by atoms with E-state index in [9.17, 15) is 9.59 Å². The fourth-order valence-electron chi connectivity index (χ4n) is 3.64. The van der Waals surface area contributed by atoms with Gasteiger partial charge in [-0.1, -0.05) is 41.6 Å². The van der Waals surface area contributed by atoms with Crippen LogP contribution in [0.1, 0.15) is 16.8 Å². The topological polar surface area (TPSA) is 69.3 Å². The number of halogens is 1. The lowest BCUT2D eigenvalue weighted by atomic mass is 10.0. The van der Waals surface area contributed by atoms with Crippen LogP contribution < -0.4 is 11.1 Å². The van der Waals surface area contributed by atoms with Gasteiger partial charge in [0.05, 0.1) is 16.1 Å². The van der Waals surface area contributed by atoms with E-state index in [0.717, 1.165) is 11.1 Å². The first-order chi connectivity index (χ1) is 15.8. The van der Waals surface area contributed by atoms with Crippen molar-refractivity contribution in [3.63, 3.8) is 0 Å². The molecule has 5 aromatic rings. The molecule has 0 spiro atoms. The zero-order chi connectivity index (χ0) is 23.3.